The second kappa shape index (κ2) is 9.77. The van der Waals surface area contributed by atoms with E-state index in [0.717, 1.165) is 42.9 Å². The maximum Gasteiger partial charge on any atom is 0.255 e. The molecule has 7 heteroatoms. The normalized spacial score (nSPS) is 18.1. The van der Waals surface area contributed by atoms with Crippen LogP contribution in [0.4, 0.5) is 4.39 Å². The minimum atomic E-state index is -0.160. The maximum atomic E-state index is 14.0. The molecule has 0 atom stereocenters. The van der Waals surface area contributed by atoms with E-state index < -0.39 is 0 Å². The van der Waals surface area contributed by atoms with Gasteiger partial charge in [0.15, 0.2) is 0 Å². The van der Waals surface area contributed by atoms with Crippen LogP contribution in [0.2, 0.25) is 0 Å². The summed E-state index contributed by atoms with van der Waals surface area (Å²) < 4.78 is 14.0. The highest BCUT2D eigenvalue weighted by molar-refractivity contribution is 5.95. The maximum absolute atomic E-state index is 14.0. The van der Waals surface area contributed by atoms with Gasteiger partial charge in [0, 0.05) is 56.8 Å². The molecule has 0 bridgehead atoms. The molecule has 0 N–H and O–H groups in total. The van der Waals surface area contributed by atoms with Crippen LogP contribution in [0, 0.1) is 12.7 Å². The van der Waals surface area contributed by atoms with Crippen LogP contribution >= 0.6 is 0 Å². The third-order valence-electron chi connectivity index (χ3n) is 6.63. The van der Waals surface area contributed by atoms with E-state index in [2.05, 4.69) is 4.90 Å². The number of piperazine rings is 1. The molecule has 0 aliphatic carbocycles. The Morgan fingerprint density at radius 2 is 1.62 bits per heavy atom. The number of amides is 2. The minimum absolute atomic E-state index is 0.00416. The predicted molar refractivity (Wildman–Crippen MR) is 121 cm³/mol. The van der Waals surface area contributed by atoms with E-state index in [-0.39, 0.29) is 23.5 Å². The topological polar surface area (TPSA) is 56.8 Å². The number of aryl methyl sites for hydroxylation is 1. The Morgan fingerprint density at radius 3 is 2.28 bits per heavy atom. The summed E-state index contributed by atoms with van der Waals surface area (Å²) in [6.45, 7) is 8.06. The van der Waals surface area contributed by atoms with Crippen molar-refractivity contribution < 1.29 is 14.0 Å². The van der Waals surface area contributed by atoms with Crippen molar-refractivity contribution in [2.45, 2.75) is 39.2 Å². The van der Waals surface area contributed by atoms with Crippen LogP contribution in [0.25, 0.3) is 0 Å². The van der Waals surface area contributed by atoms with Crippen LogP contribution in [0.15, 0.2) is 36.4 Å². The number of nitrogens with zero attached hydrogens (tertiary/aromatic N) is 4. The largest absolute Gasteiger partial charge is 0.339 e. The van der Waals surface area contributed by atoms with Gasteiger partial charge in [0.25, 0.3) is 5.91 Å². The summed E-state index contributed by atoms with van der Waals surface area (Å²) in [5.74, 6) is 0.110. The first-order chi connectivity index (χ1) is 15.4. The fraction of sp³-hybridized carbons (Fsp3) is 0.480. The number of hydrogen-bond donors (Lipinski definition) is 0. The van der Waals surface area contributed by atoms with E-state index in [1.165, 1.54) is 6.07 Å². The lowest BCUT2D eigenvalue weighted by Crippen LogP contribution is -2.50. The summed E-state index contributed by atoms with van der Waals surface area (Å²) in [7, 11) is 0. The van der Waals surface area contributed by atoms with Gasteiger partial charge in [-0.15, -0.1) is 0 Å². The second-order valence-electron chi connectivity index (χ2n) is 8.83. The number of aromatic nitrogens is 1. The van der Waals surface area contributed by atoms with Crippen molar-refractivity contribution in [2.24, 2.45) is 0 Å². The Labute approximate surface area is 189 Å². The number of hydrogen-bond acceptors (Lipinski definition) is 4. The Hall–Kier alpha value is -2.80. The number of likely N-dealkylation sites (tertiary alicyclic amines) is 1. The van der Waals surface area contributed by atoms with Gasteiger partial charge in [-0.2, -0.15) is 0 Å². The molecular weight excluding hydrogens is 407 g/mol. The molecule has 0 unspecified atom stereocenters. The van der Waals surface area contributed by atoms with Crippen molar-refractivity contribution in [3.8, 4) is 0 Å². The molecule has 170 valence electrons. The standard InChI is InChI=1S/C25H31FN4O2/c1-18-7-8-22(25(32)30-15-13-29(14-16-30)19(2)31)24(27-18)20-9-11-28(12-10-20)17-21-5-3-4-6-23(21)26/h3-8,20H,9-17H2,1-2H3. The van der Waals surface area contributed by atoms with Crippen LogP contribution in [0.1, 0.15) is 53.0 Å². The monoisotopic (exact) mass is 438 g/mol. The van der Waals surface area contributed by atoms with Gasteiger partial charge >= 0.3 is 0 Å². The molecule has 1 aromatic carbocycles. The van der Waals surface area contributed by atoms with Crippen molar-refractivity contribution >= 4 is 11.8 Å². The zero-order chi connectivity index (χ0) is 22.7. The van der Waals surface area contributed by atoms with Crippen LogP contribution in [-0.2, 0) is 11.3 Å². The van der Waals surface area contributed by atoms with Gasteiger partial charge in [0.1, 0.15) is 5.82 Å². The Morgan fingerprint density at radius 1 is 0.969 bits per heavy atom. The Bertz CT molecular complexity index is 980. The molecule has 1 aromatic heterocycles. The zero-order valence-electron chi connectivity index (χ0n) is 18.9. The predicted octanol–water partition coefficient (Wildman–Crippen LogP) is 3.21. The molecule has 2 aromatic rings. The summed E-state index contributed by atoms with van der Waals surface area (Å²) in [5.41, 5.74) is 3.20. The van der Waals surface area contributed by atoms with Crippen LogP contribution in [0.5, 0.6) is 0 Å². The highest BCUT2D eigenvalue weighted by Crippen LogP contribution is 2.31. The molecule has 2 fully saturated rings. The third kappa shape index (κ3) is 4.99. The molecule has 0 saturated carbocycles. The highest BCUT2D eigenvalue weighted by Gasteiger charge is 2.29. The lowest BCUT2D eigenvalue weighted by Gasteiger charge is -2.35. The van der Waals surface area contributed by atoms with Crippen molar-refractivity contribution in [1.82, 2.24) is 19.7 Å². The van der Waals surface area contributed by atoms with Gasteiger partial charge in [-0.25, -0.2) is 4.39 Å². The van der Waals surface area contributed by atoms with Crippen LogP contribution < -0.4 is 0 Å². The van der Waals surface area contributed by atoms with E-state index in [1.54, 1.807) is 17.9 Å². The number of rotatable bonds is 4. The van der Waals surface area contributed by atoms with Gasteiger partial charge in [-0.3, -0.25) is 19.5 Å². The molecule has 2 aliphatic heterocycles. The van der Waals surface area contributed by atoms with Crippen molar-refractivity contribution in [2.75, 3.05) is 39.3 Å². The van der Waals surface area contributed by atoms with Crippen molar-refractivity contribution in [3.63, 3.8) is 0 Å². The second-order valence-corrected chi connectivity index (χ2v) is 8.83. The molecule has 2 aliphatic rings. The molecular formula is C25H31FN4O2. The molecule has 3 heterocycles. The molecule has 2 saturated heterocycles. The third-order valence-corrected chi connectivity index (χ3v) is 6.63. The molecule has 0 radical (unpaired) electrons. The first-order valence-corrected chi connectivity index (χ1v) is 11.4. The van der Waals surface area contributed by atoms with E-state index >= 15 is 0 Å². The summed E-state index contributed by atoms with van der Waals surface area (Å²) in [5, 5.41) is 0. The number of carbonyl (C=O) groups is 2. The molecule has 4 rings (SSSR count). The lowest BCUT2D eigenvalue weighted by molar-refractivity contribution is -0.130. The Kier molecular flexibility index (Phi) is 6.84. The number of piperidine rings is 1. The minimum Gasteiger partial charge on any atom is -0.339 e. The average Bonchev–Trinajstić information content (AvgIpc) is 2.80. The number of halogens is 1. The summed E-state index contributed by atoms with van der Waals surface area (Å²) >= 11 is 0. The van der Waals surface area contributed by atoms with E-state index in [9.17, 15) is 14.0 Å². The van der Waals surface area contributed by atoms with Gasteiger partial charge in [-0.1, -0.05) is 18.2 Å². The number of carbonyl (C=O) groups excluding carboxylic acids is 2. The lowest BCUT2D eigenvalue weighted by atomic mass is 9.89. The van der Waals surface area contributed by atoms with Gasteiger partial charge < -0.3 is 9.80 Å². The van der Waals surface area contributed by atoms with Gasteiger partial charge in [0.2, 0.25) is 5.91 Å². The highest BCUT2D eigenvalue weighted by atomic mass is 19.1. The van der Waals surface area contributed by atoms with Gasteiger partial charge in [-0.05, 0) is 51.1 Å². The van der Waals surface area contributed by atoms with Crippen molar-refractivity contribution in [1.29, 1.82) is 0 Å². The van der Waals surface area contributed by atoms with E-state index in [0.29, 0.717) is 38.3 Å². The smallest absolute Gasteiger partial charge is 0.255 e. The van der Waals surface area contributed by atoms with Crippen LogP contribution in [-0.4, -0.2) is 70.8 Å². The first kappa shape index (κ1) is 22.4. The first-order valence-electron chi connectivity index (χ1n) is 11.4. The van der Waals surface area contributed by atoms with E-state index in [4.69, 9.17) is 4.98 Å². The fourth-order valence-corrected chi connectivity index (χ4v) is 4.70. The molecule has 0 spiro atoms. The Balaban J connectivity index is 1.43. The fourth-order valence-electron chi connectivity index (χ4n) is 4.70. The number of benzene rings is 1. The van der Waals surface area contributed by atoms with E-state index in [1.807, 2.05) is 36.1 Å². The molecule has 2 amide bonds. The van der Waals surface area contributed by atoms with Crippen LogP contribution in [0.3, 0.4) is 0 Å². The van der Waals surface area contributed by atoms with Crippen molar-refractivity contribution in [3.05, 3.63) is 64.7 Å². The summed E-state index contributed by atoms with van der Waals surface area (Å²) in [4.78, 5) is 35.6. The van der Waals surface area contributed by atoms with Gasteiger partial charge in [0.05, 0.1) is 11.3 Å². The molecule has 6 nitrogen and oxygen atoms in total. The summed E-state index contributed by atoms with van der Waals surface area (Å²) in [6, 6.07) is 10.7. The zero-order valence-corrected chi connectivity index (χ0v) is 18.9. The SMILES string of the molecule is CC(=O)N1CCN(C(=O)c2ccc(C)nc2C2CCN(Cc3ccccc3F)CC2)CC1. The molecule has 32 heavy (non-hydrogen) atoms. The average molecular weight is 439 g/mol. The number of pyridine rings is 1. The quantitative estimate of drug-likeness (QED) is 0.736. The summed E-state index contributed by atoms with van der Waals surface area (Å²) in [6.07, 6.45) is 1.78.